The van der Waals surface area contributed by atoms with Crippen LogP contribution in [0.5, 0.6) is 0 Å². The summed E-state index contributed by atoms with van der Waals surface area (Å²) in [5.74, 6) is 1.95. The Hall–Kier alpha value is -0.0800. The van der Waals surface area contributed by atoms with Crippen LogP contribution < -0.4 is 11.1 Å². The molecule has 0 aromatic heterocycles. The summed E-state index contributed by atoms with van der Waals surface area (Å²) >= 11 is 0. The molecule has 2 nitrogen and oxygen atoms in total. The van der Waals surface area contributed by atoms with Gasteiger partial charge in [-0.05, 0) is 62.6 Å². The molecule has 0 amide bonds. The third-order valence-corrected chi connectivity index (χ3v) is 4.86. The van der Waals surface area contributed by atoms with Crippen molar-refractivity contribution in [1.82, 2.24) is 5.32 Å². The fourth-order valence-corrected chi connectivity index (χ4v) is 3.18. The van der Waals surface area contributed by atoms with E-state index in [2.05, 4.69) is 12.2 Å². The van der Waals surface area contributed by atoms with Gasteiger partial charge < -0.3 is 11.1 Å². The predicted octanol–water partition coefficient (Wildman–Crippen LogP) is 2.53. The fraction of sp³-hybridized carbons (Fsp3) is 1.00. The van der Waals surface area contributed by atoms with Gasteiger partial charge in [0.1, 0.15) is 0 Å². The zero-order valence-corrected chi connectivity index (χ0v) is 10.8. The lowest BCUT2D eigenvalue weighted by Gasteiger charge is -2.36. The quantitative estimate of drug-likeness (QED) is 0.680. The average molecular weight is 224 g/mol. The molecule has 2 heteroatoms. The monoisotopic (exact) mass is 224 g/mol. The highest BCUT2D eigenvalue weighted by molar-refractivity contribution is 4.86. The lowest BCUT2D eigenvalue weighted by Crippen LogP contribution is -2.36. The van der Waals surface area contributed by atoms with Crippen molar-refractivity contribution in [2.75, 3.05) is 19.6 Å². The van der Waals surface area contributed by atoms with E-state index < -0.39 is 0 Å². The zero-order chi connectivity index (χ0) is 11.4. The Balaban J connectivity index is 1.62. The van der Waals surface area contributed by atoms with Gasteiger partial charge in [0.2, 0.25) is 0 Å². The Morgan fingerprint density at radius 3 is 2.50 bits per heavy atom. The molecule has 2 unspecified atom stereocenters. The summed E-state index contributed by atoms with van der Waals surface area (Å²) in [6.45, 7) is 5.67. The van der Waals surface area contributed by atoms with Gasteiger partial charge >= 0.3 is 0 Å². The highest BCUT2D eigenvalue weighted by atomic mass is 14.9. The number of nitrogens with two attached hydrogens (primary N) is 1. The SMILES string of the molecule is CC1CC1CNCCC1(CN)CCCCC1. The van der Waals surface area contributed by atoms with E-state index >= 15 is 0 Å². The van der Waals surface area contributed by atoms with Crippen molar-refractivity contribution >= 4 is 0 Å². The minimum atomic E-state index is 0.487. The maximum absolute atomic E-state index is 5.99. The normalized spacial score (nSPS) is 32.6. The van der Waals surface area contributed by atoms with Crippen molar-refractivity contribution in [2.24, 2.45) is 23.0 Å². The molecular formula is C14H28N2. The van der Waals surface area contributed by atoms with E-state index in [0.29, 0.717) is 5.41 Å². The van der Waals surface area contributed by atoms with Gasteiger partial charge in [-0.15, -0.1) is 0 Å². The molecule has 0 heterocycles. The summed E-state index contributed by atoms with van der Waals surface area (Å²) < 4.78 is 0. The van der Waals surface area contributed by atoms with Gasteiger partial charge in [-0.2, -0.15) is 0 Å². The van der Waals surface area contributed by atoms with Crippen LogP contribution in [-0.4, -0.2) is 19.6 Å². The molecule has 0 spiro atoms. The molecule has 2 atom stereocenters. The van der Waals surface area contributed by atoms with Crippen molar-refractivity contribution in [3.05, 3.63) is 0 Å². The Labute approximate surface area is 100 Å². The summed E-state index contributed by atoms with van der Waals surface area (Å²) in [4.78, 5) is 0. The van der Waals surface area contributed by atoms with Crippen LogP contribution in [0.4, 0.5) is 0 Å². The first-order valence-electron chi connectivity index (χ1n) is 7.16. The number of nitrogens with one attached hydrogen (secondary N) is 1. The molecule has 2 rings (SSSR count). The molecule has 0 radical (unpaired) electrons. The highest BCUT2D eigenvalue weighted by Crippen LogP contribution is 2.39. The van der Waals surface area contributed by atoms with Crippen molar-refractivity contribution in [2.45, 2.75) is 51.9 Å². The van der Waals surface area contributed by atoms with E-state index in [1.807, 2.05) is 0 Å². The van der Waals surface area contributed by atoms with E-state index in [0.717, 1.165) is 18.4 Å². The minimum Gasteiger partial charge on any atom is -0.330 e. The van der Waals surface area contributed by atoms with Crippen molar-refractivity contribution < 1.29 is 0 Å². The lowest BCUT2D eigenvalue weighted by molar-refractivity contribution is 0.181. The van der Waals surface area contributed by atoms with Gasteiger partial charge in [-0.3, -0.25) is 0 Å². The standard InChI is InChI=1S/C14H28N2/c1-12-9-13(12)10-16-8-7-14(11-15)5-3-2-4-6-14/h12-13,16H,2-11,15H2,1H3. The third kappa shape index (κ3) is 3.21. The largest absolute Gasteiger partial charge is 0.330 e. The Morgan fingerprint density at radius 2 is 1.94 bits per heavy atom. The van der Waals surface area contributed by atoms with Crippen molar-refractivity contribution in [3.63, 3.8) is 0 Å². The van der Waals surface area contributed by atoms with Crippen LogP contribution in [-0.2, 0) is 0 Å². The second kappa shape index (κ2) is 5.50. The second-order valence-corrected chi connectivity index (χ2v) is 6.19. The first kappa shape index (κ1) is 12.4. The average Bonchev–Trinajstić information content (AvgIpc) is 3.02. The van der Waals surface area contributed by atoms with Gasteiger partial charge in [-0.25, -0.2) is 0 Å². The summed E-state index contributed by atoms with van der Waals surface area (Å²) in [5, 5.41) is 3.63. The van der Waals surface area contributed by atoms with Crippen LogP contribution in [0.1, 0.15) is 51.9 Å². The molecule has 0 saturated heterocycles. The summed E-state index contributed by atoms with van der Waals surface area (Å²) in [6.07, 6.45) is 9.69. The van der Waals surface area contributed by atoms with E-state index in [1.165, 1.54) is 58.0 Å². The Kier molecular flexibility index (Phi) is 4.26. The topological polar surface area (TPSA) is 38.0 Å². The number of rotatable bonds is 6. The molecule has 16 heavy (non-hydrogen) atoms. The Bertz CT molecular complexity index is 209. The maximum Gasteiger partial charge on any atom is -0.00179 e. The van der Waals surface area contributed by atoms with Gasteiger partial charge in [0, 0.05) is 0 Å². The molecule has 0 aliphatic heterocycles. The molecule has 94 valence electrons. The first-order chi connectivity index (χ1) is 7.76. The second-order valence-electron chi connectivity index (χ2n) is 6.19. The summed E-state index contributed by atoms with van der Waals surface area (Å²) in [7, 11) is 0. The molecule has 0 bridgehead atoms. The molecule has 0 aromatic carbocycles. The van der Waals surface area contributed by atoms with Crippen molar-refractivity contribution in [3.8, 4) is 0 Å². The minimum absolute atomic E-state index is 0.487. The molecule has 3 N–H and O–H groups in total. The van der Waals surface area contributed by atoms with Crippen molar-refractivity contribution in [1.29, 1.82) is 0 Å². The van der Waals surface area contributed by atoms with Gasteiger partial charge in [0.15, 0.2) is 0 Å². The van der Waals surface area contributed by atoms with Crippen LogP contribution in [0.3, 0.4) is 0 Å². The van der Waals surface area contributed by atoms with Crippen LogP contribution in [0, 0.1) is 17.3 Å². The van der Waals surface area contributed by atoms with E-state index in [9.17, 15) is 0 Å². The smallest absolute Gasteiger partial charge is 0.00179 e. The summed E-state index contributed by atoms with van der Waals surface area (Å²) in [5.41, 5.74) is 6.47. The highest BCUT2D eigenvalue weighted by Gasteiger charge is 2.33. The Morgan fingerprint density at radius 1 is 1.25 bits per heavy atom. The predicted molar refractivity (Wildman–Crippen MR) is 69.3 cm³/mol. The molecule has 2 saturated carbocycles. The molecular weight excluding hydrogens is 196 g/mol. The number of hydrogen-bond donors (Lipinski definition) is 2. The van der Waals surface area contributed by atoms with E-state index in [4.69, 9.17) is 5.73 Å². The molecule has 2 aliphatic rings. The third-order valence-electron chi connectivity index (χ3n) is 4.86. The van der Waals surface area contributed by atoms with E-state index in [1.54, 1.807) is 0 Å². The lowest BCUT2D eigenvalue weighted by atomic mass is 9.72. The molecule has 2 fully saturated rings. The molecule has 0 aromatic rings. The first-order valence-corrected chi connectivity index (χ1v) is 7.16. The van der Waals surface area contributed by atoms with Crippen LogP contribution >= 0.6 is 0 Å². The van der Waals surface area contributed by atoms with Crippen LogP contribution in [0.25, 0.3) is 0 Å². The fourth-order valence-electron chi connectivity index (χ4n) is 3.18. The van der Waals surface area contributed by atoms with Gasteiger partial charge in [-0.1, -0.05) is 26.2 Å². The number of hydrogen-bond acceptors (Lipinski definition) is 2. The maximum atomic E-state index is 5.99. The zero-order valence-electron chi connectivity index (χ0n) is 10.8. The van der Waals surface area contributed by atoms with Crippen LogP contribution in [0.15, 0.2) is 0 Å². The van der Waals surface area contributed by atoms with E-state index in [-0.39, 0.29) is 0 Å². The van der Waals surface area contributed by atoms with Crippen LogP contribution in [0.2, 0.25) is 0 Å². The summed E-state index contributed by atoms with van der Waals surface area (Å²) in [6, 6.07) is 0. The van der Waals surface area contributed by atoms with Gasteiger partial charge in [0.25, 0.3) is 0 Å². The molecule has 2 aliphatic carbocycles. The van der Waals surface area contributed by atoms with Gasteiger partial charge in [0.05, 0.1) is 0 Å².